The third kappa shape index (κ3) is 54.9. The van der Waals surface area contributed by atoms with Crippen LogP contribution in [0.1, 0.15) is 271 Å². The maximum absolute atomic E-state index is 12.7. The minimum atomic E-state index is -4.39. The highest BCUT2D eigenvalue weighted by Crippen LogP contribution is 2.43. The van der Waals surface area contributed by atoms with Crippen molar-refractivity contribution in [3.8, 4) is 0 Å². The molecule has 3 N–H and O–H groups in total. The van der Waals surface area contributed by atoms with E-state index < -0.39 is 26.5 Å². The van der Waals surface area contributed by atoms with E-state index in [2.05, 4.69) is 74.6 Å². The van der Waals surface area contributed by atoms with Gasteiger partial charge in [-0.05, 0) is 77.0 Å². The molecule has 0 radical (unpaired) electrons. The molecule has 0 saturated heterocycles. The standard InChI is InChI=1S/C59H108NO8P/c1-3-5-7-9-11-13-15-17-19-21-23-25-26-27-28-29-30-32-33-35-37-39-41-43-45-47-49-51-58(61)65-55-57(56-67-69(63,64)66-54-53-60)68-59(62)52-50-48-46-44-42-40-38-36-34-31-24-22-20-18-16-14-12-10-8-6-4-2/h6,8,12,14,18,20-21,23-24,31,57H,3-5,7,9-11,13,15-17,19,22,25-30,32-56,60H2,1-2H3,(H,63,64)/b8-6-,14-12-,20-18-,23-21-,31-24-. The number of phosphoric ester groups is 1. The van der Waals surface area contributed by atoms with E-state index in [0.717, 1.165) is 70.6 Å². The molecule has 2 unspecified atom stereocenters. The average Bonchev–Trinajstić information content (AvgIpc) is 3.34. The lowest BCUT2D eigenvalue weighted by Gasteiger charge is -2.19. The summed E-state index contributed by atoms with van der Waals surface area (Å²) >= 11 is 0. The monoisotopic (exact) mass is 990 g/mol. The van der Waals surface area contributed by atoms with Gasteiger partial charge in [-0.15, -0.1) is 0 Å². The van der Waals surface area contributed by atoms with Crippen molar-refractivity contribution >= 4 is 19.8 Å². The van der Waals surface area contributed by atoms with E-state index in [1.54, 1.807) is 0 Å². The lowest BCUT2D eigenvalue weighted by atomic mass is 10.0. The molecule has 0 aliphatic heterocycles. The fourth-order valence-corrected chi connectivity index (χ4v) is 8.92. The molecule has 0 bridgehead atoms. The number of allylic oxidation sites excluding steroid dienone is 10. The number of carbonyl (C=O) groups is 2. The van der Waals surface area contributed by atoms with E-state index in [1.165, 1.54) is 167 Å². The Morgan fingerprint density at radius 3 is 1.20 bits per heavy atom. The molecule has 0 aliphatic carbocycles. The van der Waals surface area contributed by atoms with Crippen molar-refractivity contribution in [2.75, 3.05) is 26.4 Å². The maximum Gasteiger partial charge on any atom is 0.472 e. The molecule has 0 amide bonds. The molecule has 2 atom stereocenters. The van der Waals surface area contributed by atoms with Crippen molar-refractivity contribution in [2.24, 2.45) is 5.73 Å². The van der Waals surface area contributed by atoms with Gasteiger partial charge in [-0.1, -0.05) is 242 Å². The lowest BCUT2D eigenvalue weighted by molar-refractivity contribution is -0.161. The van der Waals surface area contributed by atoms with Crippen LogP contribution in [0.15, 0.2) is 60.8 Å². The molecular weight excluding hydrogens is 882 g/mol. The first-order valence-corrected chi connectivity index (χ1v) is 30.3. The van der Waals surface area contributed by atoms with Gasteiger partial charge < -0.3 is 20.1 Å². The number of nitrogens with two attached hydrogens (primary N) is 1. The van der Waals surface area contributed by atoms with E-state index >= 15 is 0 Å². The maximum atomic E-state index is 12.7. The molecule has 0 spiro atoms. The zero-order valence-electron chi connectivity index (χ0n) is 44.8. The molecule has 0 aromatic rings. The zero-order chi connectivity index (χ0) is 50.2. The Kier molecular flexibility index (Phi) is 53.2. The first-order chi connectivity index (χ1) is 33.8. The fourth-order valence-electron chi connectivity index (χ4n) is 8.15. The second kappa shape index (κ2) is 55.0. The third-order valence-electron chi connectivity index (χ3n) is 12.4. The molecule has 0 aliphatic rings. The highest BCUT2D eigenvalue weighted by atomic mass is 31.2. The predicted octanol–water partition coefficient (Wildman–Crippen LogP) is 18.0. The van der Waals surface area contributed by atoms with Crippen LogP contribution in [0.4, 0.5) is 0 Å². The molecule has 0 aromatic heterocycles. The van der Waals surface area contributed by atoms with Gasteiger partial charge >= 0.3 is 19.8 Å². The highest BCUT2D eigenvalue weighted by molar-refractivity contribution is 7.47. The lowest BCUT2D eigenvalue weighted by Crippen LogP contribution is -2.29. The minimum absolute atomic E-state index is 0.0506. The normalized spacial score (nSPS) is 13.5. The Balaban J connectivity index is 3.96. The van der Waals surface area contributed by atoms with Gasteiger partial charge in [0, 0.05) is 19.4 Å². The van der Waals surface area contributed by atoms with Crippen molar-refractivity contribution in [2.45, 2.75) is 277 Å². The Hall–Kier alpha value is -2.29. The fraction of sp³-hybridized carbons (Fsp3) is 0.797. The summed E-state index contributed by atoms with van der Waals surface area (Å²) in [6.07, 6.45) is 68.5. The number of hydrogen-bond donors (Lipinski definition) is 2. The molecule has 0 fully saturated rings. The average molecular weight is 990 g/mol. The molecule has 9 nitrogen and oxygen atoms in total. The van der Waals surface area contributed by atoms with Gasteiger partial charge in [0.25, 0.3) is 0 Å². The Labute approximate surface area is 425 Å². The smallest absolute Gasteiger partial charge is 0.462 e. The van der Waals surface area contributed by atoms with E-state index in [-0.39, 0.29) is 38.6 Å². The summed E-state index contributed by atoms with van der Waals surface area (Å²) in [5.74, 6) is -0.830. The van der Waals surface area contributed by atoms with Gasteiger partial charge in [-0.25, -0.2) is 4.57 Å². The Morgan fingerprint density at radius 1 is 0.449 bits per heavy atom. The summed E-state index contributed by atoms with van der Waals surface area (Å²) in [6, 6.07) is 0. The molecule has 0 saturated carbocycles. The van der Waals surface area contributed by atoms with E-state index in [4.69, 9.17) is 24.3 Å². The second-order valence-corrected chi connectivity index (χ2v) is 20.6. The van der Waals surface area contributed by atoms with Gasteiger partial charge in [-0.3, -0.25) is 18.6 Å². The minimum Gasteiger partial charge on any atom is -0.462 e. The van der Waals surface area contributed by atoms with Crippen LogP contribution in [0, 0.1) is 0 Å². The van der Waals surface area contributed by atoms with Crippen LogP contribution in [-0.2, 0) is 32.7 Å². The van der Waals surface area contributed by atoms with Crippen LogP contribution >= 0.6 is 7.82 Å². The molecule has 0 aromatic carbocycles. The second-order valence-electron chi connectivity index (χ2n) is 19.1. The van der Waals surface area contributed by atoms with E-state index in [1.807, 2.05) is 0 Å². The van der Waals surface area contributed by atoms with Gasteiger partial charge in [0.2, 0.25) is 0 Å². The van der Waals surface area contributed by atoms with Crippen molar-refractivity contribution in [1.82, 2.24) is 0 Å². The summed E-state index contributed by atoms with van der Waals surface area (Å²) in [5.41, 5.74) is 5.38. The van der Waals surface area contributed by atoms with Gasteiger partial charge in [0.05, 0.1) is 13.2 Å². The summed E-state index contributed by atoms with van der Waals surface area (Å²) < 4.78 is 33.0. The first kappa shape index (κ1) is 66.7. The largest absolute Gasteiger partial charge is 0.472 e. The molecule has 69 heavy (non-hydrogen) atoms. The molecule has 10 heteroatoms. The van der Waals surface area contributed by atoms with E-state index in [0.29, 0.717) is 6.42 Å². The van der Waals surface area contributed by atoms with Gasteiger partial charge in [0.15, 0.2) is 6.10 Å². The van der Waals surface area contributed by atoms with Crippen molar-refractivity contribution in [3.05, 3.63) is 60.8 Å². The SMILES string of the molecule is CC/C=C\C/C=C\C/C=C\C/C=C\CCCCCCCCCCC(=O)OC(COC(=O)CCCCCCCCCCCCCCCCC/C=C\CCCCCCCCCC)COP(=O)(O)OCCN. The number of ether oxygens (including phenoxy) is 2. The van der Waals surface area contributed by atoms with Crippen LogP contribution in [0.2, 0.25) is 0 Å². The van der Waals surface area contributed by atoms with Gasteiger partial charge in [-0.2, -0.15) is 0 Å². The van der Waals surface area contributed by atoms with Crippen molar-refractivity contribution in [3.63, 3.8) is 0 Å². The molecular formula is C59H108NO8P. The quantitative estimate of drug-likeness (QED) is 0.0264. The van der Waals surface area contributed by atoms with Crippen molar-refractivity contribution in [1.29, 1.82) is 0 Å². The van der Waals surface area contributed by atoms with Crippen LogP contribution < -0.4 is 5.73 Å². The van der Waals surface area contributed by atoms with Crippen LogP contribution in [-0.4, -0.2) is 49.3 Å². The number of esters is 2. The Morgan fingerprint density at radius 2 is 0.797 bits per heavy atom. The number of carbonyl (C=O) groups excluding carboxylic acids is 2. The Bertz CT molecular complexity index is 1310. The number of rotatable bonds is 54. The molecule has 402 valence electrons. The predicted molar refractivity (Wildman–Crippen MR) is 293 cm³/mol. The van der Waals surface area contributed by atoms with Crippen molar-refractivity contribution < 1.29 is 37.6 Å². The van der Waals surface area contributed by atoms with E-state index in [9.17, 15) is 19.0 Å². The zero-order valence-corrected chi connectivity index (χ0v) is 45.7. The number of hydrogen-bond acceptors (Lipinski definition) is 8. The topological polar surface area (TPSA) is 134 Å². The first-order valence-electron chi connectivity index (χ1n) is 28.8. The highest BCUT2D eigenvalue weighted by Gasteiger charge is 2.26. The van der Waals surface area contributed by atoms with Crippen LogP contribution in [0.5, 0.6) is 0 Å². The van der Waals surface area contributed by atoms with Crippen LogP contribution in [0.25, 0.3) is 0 Å². The molecule has 0 rings (SSSR count). The number of phosphoric acid groups is 1. The summed E-state index contributed by atoms with van der Waals surface area (Å²) in [4.78, 5) is 35.2. The summed E-state index contributed by atoms with van der Waals surface area (Å²) in [5, 5.41) is 0. The summed E-state index contributed by atoms with van der Waals surface area (Å²) in [6.45, 7) is 3.65. The van der Waals surface area contributed by atoms with Gasteiger partial charge in [0.1, 0.15) is 6.61 Å². The van der Waals surface area contributed by atoms with Crippen LogP contribution in [0.3, 0.4) is 0 Å². The summed E-state index contributed by atoms with van der Waals surface area (Å²) in [7, 11) is -4.39. The third-order valence-corrected chi connectivity index (χ3v) is 13.4. The number of unbranched alkanes of at least 4 members (excludes halogenated alkanes) is 31. The molecule has 0 heterocycles.